The zero-order valence-electron chi connectivity index (χ0n) is 10.6. The molecule has 1 aliphatic rings. The fourth-order valence-corrected chi connectivity index (χ4v) is 2.68. The molecule has 5 nitrogen and oxygen atoms in total. The highest BCUT2D eigenvalue weighted by molar-refractivity contribution is 7.90. The molecule has 6 heteroatoms. The van der Waals surface area contributed by atoms with Gasteiger partial charge in [-0.15, -0.1) is 0 Å². The third kappa shape index (κ3) is 2.78. The maximum absolute atomic E-state index is 11.8. The molecule has 0 radical (unpaired) electrons. The predicted molar refractivity (Wildman–Crippen MR) is 72.1 cm³/mol. The smallest absolute Gasteiger partial charge is 0.414 e. The normalized spacial score (nSPS) is 14.1. The summed E-state index contributed by atoms with van der Waals surface area (Å²) in [7, 11) is -3.22. The van der Waals surface area contributed by atoms with Crippen LogP contribution in [-0.4, -0.2) is 33.9 Å². The van der Waals surface area contributed by atoms with Gasteiger partial charge in [0.05, 0.1) is 10.6 Å². The Morgan fingerprint density at radius 1 is 1.53 bits per heavy atom. The lowest BCUT2D eigenvalue weighted by Gasteiger charge is -2.16. The molecule has 1 aromatic carbocycles. The minimum Gasteiger partial charge on any atom is -0.445 e. The molecule has 1 aliphatic heterocycles. The van der Waals surface area contributed by atoms with Gasteiger partial charge >= 0.3 is 6.09 Å². The Balaban J connectivity index is 2.27. The van der Waals surface area contributed by atoms with Gasteiger partial charge in [0, 0.05) is 12.8 Å². The molecule has 1 amide bonds. The van der Waals surface area contributed by atoms with Gasteiger partial charge in [-0.25, -0.2) is 13.2 Å². The first-order valence-electron chi connectivity index (χ1n) is 5.81. The van der Waals surface area contributed by atoms with E-state index in [2.05, 4.69) is 6.58 Å². The molecule has 19 heavy (non-hydrogen) atoms. The Kier molecular flexibility index (Phi) is 3.61. The van der Waals surface area contributed by atoms with E-state index in [1.54, 1.807) is 12.1 Å². The van der Waals surface area contributed by atoms with Crippen LogP contribution in [0.4, 0.5) is 10.5 Å². The molecule has 0 spiro atoms. The quantitative estimate of drug-likeness (QED) is 0.792. The van der Waals surface area contributed by atoms with Crippen molar-refractivity contribution in [3.05, 3.63) is 36.4 Å². The zero-order valence-corrected chi connectivity index (χ0v) is 11.4. The van der Waals surface area contributed by atoms with E-state index < -0.39 is 15.9 Å². The number of nitrogens with zero attached hydrogens (tertiary/aromatic N) is 1. The van der Waals surface area contributed by atoms with Crippen LogP contribution < -0.4 is 4.90 Å². The summed E-state index contributed by atoms with van der Waals surface area (Å²) in [5, 5.41) is 0. The zero-order chi connectivity index (χ0) is 14.0. The van der Waals surface area contributed by atoms with Crippen molar-refractivity contribution in [2.24, 2.45) is 0 Å². The summed E-state index contributed by atoms with van der Waals surface area (Å²) >= 11 is 0. The van der Waals surface area contributed by atoms with Gasteiger partial charge in [0.25, 0.3) is 0 Å². The first-order chi connectivity index (χ1) is 8.93. The van der Waals surface area contributed by atoms with E-state index in [1.807, 2.05) is 0 Å². The van der Waals surface area contributed by atoms with Crippen molar-refractivity contribution in [1.82, 2.24) is 0 Å². The molecule has 102 valence electrons. The van der Waals surface area contributed by atoms with Gasteiger partial charge in [-0.3, -0.25) is 4.90 Å². The second kappa shape index (κ2) is 5.05. The highest BCUT2D eigenvalue weighted by Crippen LogP contribution is 2.30. The number of amides is 1. The molecule has 1 heterocycles. The standard InChI is InChI=1S/C13H15NO4S/c1-3-8-18-13(15)14-7-6-10-9-11(19(2,16)17)4-5-12(10)14/h3-5,9H,1,6-8H2,2H3. The first kappa shape index (κ1) is 13.6. The van der Waals surface area contributed by atoms with Gasteiger partial charge in [-0.05, 0) is 30.2 Å². The van der Waals surface area contributed by atoms with Gasteiger partial charge in [0.15, 0.2) is 9.84 Å². The highest BCUT2D eigenvalue weighted by atomic mass is 32.2. The van der Waals surface area contributed by atoms with E-state index >= 15 is 0 Å². The van der Waals surface area contributed by atoms with Crippen molar-refractivity contribution in [3.63, 3.8) is 0 Å². The largest absolute Gasteiger partial charge is 0.445 e. The van der Waals surface area contributed by atoms with Crippen LogP contribution >= 0.6 is 0 Å². The fourth-order valence-electron chi connectivity index (χ4n) is 2.01. The van der Waals surface area contributed by atoms with Crippen LogP contribution in [0, 0.1) is 0 Å². The Morgan fingerprint density at radius 3 is 2.89 bits per heavy atom. The maximum atomic E-state index is 11.8. The van der Waals surface area contributed by atoms with Gasteiger partial charge in [0.1, 0.15) is 6.61 Å². The van der Waals surface area contributed by atoms with E-state index in [1.165, 1.54) is 23.3 Å². The number of sulfone groups is 1. The molecule has 0 aliphatic carbocycles. The molecule has 0 N–H and O–H groups in total. The molecular weight excluding hydrogens is 266 g/mol. The van der Waals surface area contributed by atoms with Crippen LogP contribution in [0.15, 0.2) is 35.7 Å². The molecule has 0 saturated carbocycles. The number of ether oxygens (including phenoxy) is 1. The molecule has 0 bridgehead atoms. The average molecular weight is 281 g/mol. The molecule has 1 aromatic rings. The number of hydrogen-bond acceptors (Lipinski definition) is 4. The summed E-state index contributed by atoms with van der Waals surface area (Å²) < 4.78 is 27.9. The summed E-state index contributed by atoms with van der Waals surface area (Å²) in [6.07, 6.45) is 2.86. The SMILES string of the molecule is C=CCOC(=O)N1CCc2cc(S(C)(=O)=O)ccc21. The minimum absolute atomic E-state index is 0.159. The number of carbonyl (C=O) groups is 1. The van der Waals surface area contributed by atoms with Crippen LogP contribution in [0.5, 0.6) is 0 Å². The van der Waals surface area contributed by atoms with E-state index in [-0.39, 0.29) is 11.5 Å². The van der Waals surface area contributed by atoms with Crippen LogP contribution in [-0.2, 0) is 21.0 Å². The van der Waals surface area contributed by atoms with E-state index in [0.717, 1.165) is 5.56 Å². The number of fused-ring (bicyclic) bond motifs is 1. The molecule has 0 fully saturated rings. The second-order valence-corrected chi connectivity index (χ2v) is 6.35. The monoisotopic (exact) mass is 281 g/mol. The van der Waals surface area contributed by atoms with E-state index in [4.69, 9.17) is 4.74 Å². The summed E-state index contributed by atoms with van der Waals surface area (Å²) in [6.45, 7) is 4.14. The molecule has 0 aromatic heterocycles. The highest BCUT2D eigenvalue weighted by Gasteiger charge is 2.26. The van der Waals surface area contributed by atoms with Crippen molar-refractivity contribution in [1.29, 1.82) is 0 Å². The van der Waals surface area contributed by atoms with Crippen LogP contribution in [0.2, 0.25) is 0 Å². The predicted octanol–water partition coefficient (Wildman–Crippen LogP) is 1.78. The number of anilines is 1. The van der Waals surface area contributed by atoms with Crippen LogP contribution in [0.3, 0.4) is 0 Å². The lowest BCUT2D eigenvalue weighted by Crippen LogP contribution is -2.29. The second-order valence-electron chi connectivity index (χ2n) is 4.33. The fraction of sp³-hybridized carbons (Fsp3) is 0.308. The molecular formula is C13H15NO4S. The Morgan fingerprint density at radius 2 is 2.26 bits per heavy atom. The van der Waals surface area contributed by atoms with Crippen LogP contribution in [0.1, 0.15) is 5.56 Å². The summed E-state index contributed by atoms with van der Waals surface area (Å²) in [5.74, 6) is 0. The van der Waals surface area contributed by atoms with Crippen molar-refractivity contribution < 1.29 is 17.9 Å². The first-order valence-corrected chi connectivity index (χ1v) is 7.71. The maximum Gasteiger partial charge on any atom is 0.414 e. The van der Waals surface area contributed by atoms with Gasteiger partial charge < -0.3 is 4.74 Å². The number of carbonyl (C=O) groups excluding carboxylic acids is 1. The van der Waals surface area contributed by atoms with Crippen molar-refractivity contribution in [3.8, 4) is 0 Å². The van der Waals surface area contributed by atoms with Crippen molar-refractivity contribution in [2.75, 3.05) is 24.3 Å². The average Bonchev–Trinajstić information content (AvgIpc) is 2.77. The van der Waals surface area contributed by atoms with Gasteiger partial charge in [-0.1, -0.05) is 12.7 Å². The van der Waals surface area contributed by atoms with Gasteiger partial charge in [-0.2, -0.15) is 0 Å². The molecule has 0 unspecified atom stereocenters. The molecule has 0 atom stereocenters. The number of rotatable bonds is 3. The molecule has 2 rings (SSSR count). The Bertz CT molecular complexity index is 622. The third-order valence-corrected chi connectivity index (χ3v) is 4.03. The minimum atomic E-state index is -3.22. The van der Waals surface area contributed by atoms with Crippen molar-refractivity contribution in [2.45, 2.75) is 11.3 Å². The number of benzene rings is 1. The third-order valence-electron chi connectivity index (χ3n) is 2.92. The Labute approximate surface area is 112 Å². The summed E-state index contributed by atoms with van der Waals surface area (Å²) in [6, 6.07) is 4.77. The van der Waals surface area contributed by atoms with E-state index in [0.29, 0.717) is 18.7 Å². The lowest BCUT2D eigenvalue weighted by molar-refractivity contribution is 0.166. The summed E-state index contributed by atoms with van der Waals surface area (Å²) in [5.41, 5.74) is 1.56. The van der Waals surface area contributed by atoms with Crippen LogP contribution in [0.25, 0.3) is 0 Å². The Hall–Kier alpha value is -1.82. The topological polar surface area (TPSA) is 63.7 Å². The number of hydrogen-bond donors (Lipinski definition) is 0. The van der Waals surface area contributed by atoms with Gasteiger partial charge in [0.2, 0.25) is 0 Å². The lowest BCUT2D eigenvalue weighted by atomic mass is 10.2. The van der Waals surface area contributed by atoms with E-state index in [9.17, 15) is 13.2 Å². The molecule has 0 saturated heterocycles. The van der Waals surface area contributed by atoms with Crippen molar-refractivity contribution >= 4 is 21.6 Å². The summed E-state index contributed by atoms with van der Waals surface area (Å²) in [4.78, 5) is 13.6.